The first kappa shape index (κ1) is 22.8. The summed E-state index contributed by atoms with van der Waals surface area (Å²) in [7, 11) is 1.63. The molecule has 4 heteroatoms. The third-order valence-corrected chi connectivity index (χ3v) is 5.31. The number of nitrogens with one attached hydrogen (secondary N) is 1. The first-order valence-electron chi connectivity index (χ1n) is 10.7. The van der Waals surface area contributed by atoms with E-state index in [0.29, 0.717) is 12.1 Å². The number of carbonyl (C=O) groups excluding carboxylic acids is 1. The van der Waals surface area contributed by atoms with Crippen LogP contribution in [0.25, 0.3) is 6.08 Å². The van der Waals surface area contributed by atoms with E-state index in [-0.39, 0.29) is 5.57 Å². The number of nitriles is 1. The normalized spacial score (nSPS) is 11.0. The van der Waals surface area contributed by atoms with Crippen LogP contribution in [0.2, 0.25) is 0 Å². The average Bonchev–Trinajstić information content (AvgIpc) is 2.77. The molecular formula is C28H28N2O2. The van der Waals surface area contributed by atoms with Crippen molar-refractivity contribution in [3.63, 3.8) is 0 Å². The van der Waals surface area contributed by atoms with E-state index in [2.05, 4.69) is 44.3 Å². The van der Waals surface area contributed by atoms with Crippen LogP contribution in [0, 0.1) is 25.2 Å². The van der Waals surface area contributed by atoms with E-state index in [9.17, 15) is 10.1 Å². The first-order valence-corrected chi connectivity index (χ1v) is 10.7. The van der Waals surface area contributed by atoms with Crippen LogP contribution in [0.5, 0.6) is 5.75 Å². The first-order chi connectivity index (χ1) is 15.4. The predicted molar refractivity (Wildman–Crippen MR) is 130 cm³/mol. The maximum atomic E-state index is 12.8. The molecule has 0 aromatic heterocycles. The SMILES string of the molecule is CCc1ccc(NC(=O)/C(C#N)=C/c2ccc(OC)cc2Cc2cc(C)cc(C)c2)cc1. The lowest BCUT2D eigenvalue weighted by Gasteiger charge is -2.11. The highest BCUT2D eigenvalue weighted by Gasteiger charge is 2.12. The highest BCUT2D eigenvalue weighted by atomic mass is 16.5. The standard InChI is InChI=1S/C28H28N2O2/c1-5-21-6-9-26(10-7-21)30-28(31)25(18-29)16-23-8-11-27(32-4)17-24(23)15-22-13-19(2)12-20(3)14-22/h6-14,16-17H,5,15H2,1-4H3,(H,30,31)/b25-16+. The van der Waals surface area contributed by atoms with E-state index in [1.54, 1.807) is 13.2 Å². The van der Waals surface area contributed by atoms with Gasteiger partial charge in [0, 0.05) is 5.69 Å². The van der Waals surface area contributed by atoms with Gasteiger partial charge in [-0.25, -0.2) is 0 Å². The van der Waals surface area contributed by atoms with Crippen molar-refractivity contribution < 1.29 is 9.53 Å². The second kappa shape index (κ2) is 10.5. The van der Waals surface area contributed by atoms with E-state index in [0.717, 1.165) is 23.3 Å². The van der Waals surface area contributed by atoms with Gasteiger partial charge in [-0.2, -0.15) is 5.26 Å². The van der Waals surface area contributed by atoms with Crippen molar-refractivity contribution in [1.82, 2.24) is 0 Å². The summed E-state index contributed by atoms with van der Waals surface area (Å²) in [5, 5.41) is 12.5. The summed E-state index contributed by atoms with van der Waals surface area (Å²) in [4.78, 5) is 12.8. The number of nitrogens with zero attached hydrogens (tertiary/aromatic N) is 1. The summed E-state index contributed by atoms with van der Waals surface area (Å²) < 4.78 is 5.41. The van der Waals surface area contributed by atoms with Crippen molar-refractivity contribution in [2.24, 2.45) is 0 Å². The number of hydrogen-bond acceptors (Lipinski definition) is 3. The van der Waals surface area contributed by atoms with Crippen molar-refractivity contribution in [2.45, 2.75) is 33.6 Å². The van der Waals surface area contributed by atoms with Gasteiger partial charge in [0.1, 0.15) is 17.4 Å². The Morgan fingerprint density at radius 2 is 1.69 bits per heavy atom. The summed E-state index contributed by atoms with van der Waals surface area (Å²) in [6.45, 7) is 6.23. The maximum absolute atomic E-state index is 12.8. The molecule has 0 aliphatic heterocycles. The zero-order chi connectivity index (χ0) is 23.1. The Kier molecular flexibility index (Phi) is 7.46. The van der Waals surface area contributed by atoms with Crippen molar-refractivity contribution in [3.05, 3.63) is 99.6 Å². The second-order valence-electron chi connectivity index (χ2n) is 7.91. The average molecular weight is 425 g/mol. The number of methoxy groups -OCH3 is 1. The summed E-state index contributed by atoms with van der Waals surface area (Å²) in [5.74, 6) is 0.311. The Hall–Kier alpha value is -3.84. The molecule has 0 spiro atoms. The molecule has 1 N–H and O–H groups in total. The summed E-state index contributed by atoms with van der Waals surface area (Å²) >= 11 is 0. The van der Waals surface area contributed by atoms with E-state index in [1.165, 1.54) is 22.3 Å². The largest absolute Gasteiger partial charge is 0.497 e. The number of ether oxygens (including phenoxy) is 1. The van der Waals surface area contributed by atoms with Crippen molar-refractivity contribution >= 4 is 17.7 Å². The molecule has 0 radical (unpaired) electrons. The lowest BCUT2D eigenvalue weighted by atomic mass is 9.96. The van der Waals surface area contributed by atoms with Crippen LogP contribution >= 0.6 is 0 Å². The quantitative estimate of drug-likeness (QED) is 0.373. The number of aryl methyl sites for hydroxylation is 3. The van der Waals surface area contributed by atoms with E-state index in [1.807, 2.05) is 48.5 Å². The molecule has 0 fully saturated rings. The van der Waals surface area contributed by atoms with Gasteiger partial charge in [0.25, 0.3) is 5.91 Å². The minimum absolute atomic E-state index is 0.0522. The van der Waals surface area contributed by atoms with E-state index >= 15 is 0 Å². The smallest absolute Gasteiger partial charge is 0.266 e. The van der Waals surface area contributed by atoms with Crippen molar-refractivity contribution in [2.75, 3.05) is 12.4 Å². The number of carbonyl (C=O) groups is 1. The van der Waals surface area contributed by atoms with Crippen molar-refractivity contribution in [1.29, 1.82) is 5.26 Å². The maximum Gasteiger partial charge on any atom is 0.266 e. The van der Waals surface area contributed by atoms with Crippen LogP contribution < -0.4 is 10.1 Å². The molecule has 1 amide bonds. The van der Waals surface area contributed by atoms with Crippen LogP contribution in [0.1, 0.15) is 40.3 Å². The molecule has 3 rings (SSSR count). The van der Waals surface area contributed by atoms with E-state index < -0.39 is 5.91 Å². The lowest BCUT2D eigenvalue weighted by Crippen LogP contribution is -2.13. The third kappa shape index (κ3) is 5.86. The summed E-state index contributed by atoms with van der Waals surface area (Å²) in [5.41, 5.74) is 7.28. The van der Waals surface area contributed by atoms with Crippen LogP contribution in [-0.2, 0) is 17.6 Å². The van der Waals surface area contributed by atoms with E-state index in [4.69, 9.17) is 4.74 Å². The number of rotatable bonds is 7. The number of hydrogen-bond donors (Lipinski definition) is 1. The number of amides is 1. The van der Waals surface area contributed by atoms with Gasteiger partial charge >= 0.3 is 0 Å². The second-order valence-corrected chi connectivity index (χ2v) is 7.91. The number of benzene rings is 3. The van der Waals surface area contributed by atoms with Gasteiger partial charge in [-0.15, -0.1) is 0 Å². The minimum Gasteiger partial charge on any atom is -0.497 e. The van der Waals surface area contributed by atoms with Gasteiger partial charge in [0.2, 0.25) is 0 Å². The summed E-state index contributed by atoms with van der Waals surface area (Å²) in [6.07, 6.45) is 3.25. The molecule has 4 nitrogen and oxygen atoms in total. The Morgan fingerprint density at radius 3 is 2.28 bits per heavy atom. The monoisotopic (exact) mass is 424 g/mol. The van der Waals surface area contributed by atoms with Gasteiger partial charge in [-0.3, -0.25) is 4.79 Å². The highest BCUT2D eigenvalue weighted by Crippen LogP contribution is 2.24. The molecule has 3 aromatic carbocycles. The Morgan fingerprint density at radius 1 is 1.00 bits per heavy atom. The minimum atomic E-state index is -0.426. The molecule has 32 heavy (non-hydrogen) atoms. The van der Waals surface area contributed by atoms with Crippen molar-refractivity contribution in [3.8, 4) is 11.8 Å². The fourth-order valence-electron chi connectivity index (χ4n) is 3.72. The fraction of sp³-hybridized carbons (Fsp3) is 0.214. The molecule has 0 saturated heterocycles. The van der Waals surface area contributed by atoms with Gasteiger partial charge in [-0.05, 0) is 79.3 Å². The molecule has 0 aliphatic carbocycles. The third-order valence-electron chi connectivity index (χ3n) is 5.31. The van der Waals surface area contributed by atoms with Crippen LogP contribution in [0.4, 0.5) is 5.69 Å². The molecule has 0 saturated carbocycles. The molecule has 0 heterocycles. The van der Waals surface area contributed by atoms with Gasteiger partial charge in [0.15, 0.2) is 0 Å². The van der Waals surface area contributed by atoms with Crippen LogP contribution in [0.15, 0.2) is 66.2 Å². The molecule has 3 aromatic rings. The Labute approximate surface area is 190 Å². The zero-order valence-corrected chi connectivity index (χ0v) is 19.0. The van der Waals surface area contributed by atoms with Gasteiger partial charge in [-0.1, -0.05) is 54.4 Å². The molecule has 0 atom stereocenters. The molecule has 0 aliphatic rings. The summed E-state index contributed by atoms with van der Waals surface area (Å²) in [6, 6.07) is 21.8. The van der Waals surface area contributed by atoms with Gasteiger partial charge in [0.05, 0.1) is 7.11 Å². The van der Waals surface area contributed by atoms with Gasteiger partial charge < -0.3 is 10.1 Å². The van der Waals surface area contributed by atoms with Crippen LogP contribution in [0.3, 0.4) is 0 Å². The Balaban J connectivity index is 1.91. The molecular weight excluding hydrogens is 396 g/mol. The molecule has 0 unspecified atom stereocenters. The highest BCUT2D eigenvalue weighted by molar-refractivity contribution is 6.09. The predicted octanol–water partition coefficient (Wildman–Crippen LogP) is 6.01. The fourth-order valence-corrected chi connectivity index (χ4v) is 3.72. The Bertz CT molecular complexity index is 1160. The molecule has 162 valence electrons. The zero-order valence-electron chi connectivity index (χ0n) is 19.0. The lowest BCUT2D eigenvalue weighted by molar-refractivity contribution is -0.112. The number of anilines is 1. The molecule has 0 bridgehead atoms. The topological polar surface area (TPSA) is 62.1 Å². The van der Waals surface area contributed by atoms with Crippen LogP contribution in [-0.4, -0.2) is 13.0 Å².